The first-order valence-corrected chi connectivity index (χ1v) is 7.04. The van der Waals surface area contributed by atoms with E-state index in [-0.39, 0.29) is 5.00 Å². The average Bonchev–Trinajstić information content (AvgIpc) is 2.95. The molecular weight excluding hydrogens is 294 g/mol. The third-order valence-corrected chi connectivity index (χ3v) is 4.43. The molecule has 2 heterocycles. The number of hydrogen-bond donors (Lipinski definition) is 1. The number of carboxylic acids is 1. The van der Waals surface area contributed by atoms with Crippen LogP contribution in [0.1, 0.15) is 11.1 Å². The number of fused-ring (bicyclic) bond motifs is 1. The molecule has 0 spiro atoms. The first-order chi connectivity index (χ1) is 10.1. The number of hydrogen-bond acceptors (Lipinski definition) is 6. The number of aliphatic carboxylic acids is 1. The van der Waals surface area contributed by atoms with Crippen LogP contribution < -0.4 is 4.90 Å². The molecule has 0 aliphatic carbocycles. The Morgan fingerprint density at radius 1 is 1.43 bits per heavy atom. The minimum atomic E-state index is -0.956. The van der Waals surface area contributed by atoms with Crippen LogP contribution in [0.5, 0.6) is 0 Å². The van der Waals surface area contributed by atoms with Crippen LogP contribution >= 0.6 is 11.3 Å². The van der Waals surface area contributed by atoms with E-state index in [2.05, 4.69) is 4.98 Å². The van der Waals surface area contributed by atoms with E-state index in [9.17, 15) is 20.0 Å². The Bertz CT molecular complexity index is 715. The summed E-state index contributed by atoms with van der Waals surface area (Å²) in [4.78, 5) is 27.3. The lowest BCUT2D eigenvalue weighted by Crippen LogP contribution is -2.45. The van der Waals surface area contributed by atoms with Crippen molar-refractivity contribution in [3.63, 3.8) is 0 Å². The van der Waals surface area contributed by atoms with Crippen LogP contribution in [0.2, 0.25) is 0 Å². The van der Waals surface area contributed by atoms with E-state index >= 15 is 0 Å². The van der Waals surface area contributed by atoms with E-state index in [4.69, 9.17) is 0 Å². The summed E-state index contributed by atoms with van der Waals surface area (Å²) in [6, 6.07) is 6.85. The largest absolute Gasteiger partial charge is 0.480 e. The van der Waals surface area contributed by atoms with Crippen molar-refractivity contribution in [2.24, 2.45) is 0 Å². The van der Waals surface area contributed by atoms with Crippen LogP contribution in [-0.4, -0.2) is 27.0 Å². The van der Waals surface area contributed by atoms with Gasteiger partial charge in [0, 0.05) is 13.0 Å². The normalized spacial score (nSPS) is 17.3. The molecule has 8 heteroatoms. The smallest absolute Gasteiger partial charge is 0.345 e. The highest BCUT2D eigenvalue weighted by Crippen LogP contribution is 2.34. The minimum Gasteiger partial charge on any atom is -0.480 e. The monoisotopic (exact) mass is 305 g/mol. The fourth-order valence-corrected chi connectivity index (χ4v) is 3.20. The standard InChI is InChI=1S/C13H11N3O4S/c17-12(18)10-5-8-3-1-2-4-9(8)7-15(10)13-14-6-11(21-13)16(19)20/h1-4,6,10H,5,7H2,(H,17,18). The molecule has 1 aliphatic heterocycles. The summed E-state index contributed by atoms with van der Waals surface area (Å²) < 4.78 is 0. The van der Waals surface area contributed by atoms with Crippen molar-refractivity contribution in [2.75, 3.05) is 4.90 Å². The molecule has 3 rings (SSSR count). The maximum Gasteiger partial charge on any atom is 0.345 e. The van der Waals surface area contributed by atoms with Gasteiger partial charge in [-0.3, -0.25) is 10.1 Å². The summed E-state index contributed by atoms with van der Waals surface area (Å²) in [5.74, 6) is -0.956. The zero-order valence-corrected chi connectivity index (χ0v) is 11.6. The maximum absolute atomic E-state index is 11.5. The summed E-state index contributed by atoms with van der Waals surface area (Å²) in [7, 11) is 0. The van der Waals surface area contributed by atoms with Gasteiger partial charge in [-0.2, -0.15) is 0 Å². The number of nitro groups is 1. The maximum atomic E-state index is 11.5. The lowest BCUT2D eigenvalue weighted by molar-refractivity contribution is -0.380. The number of carbonyl (C=O) groups is 1. The van der Waals surface area contributed by atoms with Crippen molar-refractivity contribution in [3.8, 4) is 0 Å². The van der Waals surface area contributed by atoms with Gasteiger partial charge >= 0.3 is 11.0 Å². The summed E-state index contributed by atoms with van der Waals surface area (Å²) in [5, 5.41) is 20.4. The van der Waals surface area contributed by atoms with E-state index in [1.54, 1.807) is 4.90 Å². The quantitative estimate of drug-likeness (QED) is 0.688. The van der Waals surface area contributed by atoms with Crippen LogP contribution in [0.15, 0.2) is 30.5 Å². The second-order valence-corrected chi connectivity index (χ2v) is 5.68. The van der Waals surface area contributed by atoms with E-state index in [0.717, 1.165) is 22.5 Å². The lowest BCUT2D eigenvalue weighted by Gasteiger charge is -2.33. The van der Waals surface area contributed by atoms with Crippen LogP contribution in [0.3, 0.4) is 0 Å². The van der Waals surface area contributed by atoms with E-state index < -0.39 is 16.9 Å². The number of aromatic nitrogens is 1. The third-order valence-electron chi connectivity index (χ3n) is 3.44. The van der Waals surface area contributed by atoms with Crippen LogP contribution in [0, 0.1) is 10.1 Å². The van der Waals surface area contributed by atoms with Crippen molar-refractivity contribution in [1.29, 1.82) is 0 Å². The number of anilines is 1. The van der Waals surface area contributed by atoms with Gasteiger partial charge in [-0.1, -0.05) is 24.3 Å². The molecule has 1 N–H and O–H groups in total. The van der Waals surface area contributed by atoms with Gasteiger partial charge in [-0.05, 0) is 22.5 Å². The molecule has 1 unspecified atom stereocenters. The van der Waals surface area contributed by atoms with Crippen molar-refractivity contribution in [1.82, 2.24) is 4.98 Å². The van der Waals surface area contributed by atoms with Gasteiger partial charge in [0.25, 0.3) is 0 Å². The molecule has 7 nitrogen and oxygen atoms in total. The Hall–Kier alpha value is -2.48. The molecule has 0 radical (unpaired) electrons. The lowest BCUT2D eigenvalue weighted by atomic mass is 9.94. The van der Waals surface area contributed by atoms with Crippen molar-refractivity contribution in [3.05, 3.63) is 51.7 Å². The van der Waals surface area contributed by atoms with Gasteiger partial charge in [0.1, 0.15) is 12.2 Å². The number of carboxylic acid groups (broad SMARTS) is 1. The molecule has 1 aromatic carbocycles. The molecule has 0 fully saturated rings. The molecule has 2 aromatic rings. The second kappa shape index (κ2) is 5.13. The molecule has 108 valence electrons. The number of thiazole rings is 1. The summed E-state index contributed by atoms with van der Waals surface area (Å²) in [6.45, 7) is 0.387. The average molecular weight is 305 g/mol. The van der Waals surface area contributed by atoms with E-state index in [1.165, 1.54) is 6.20 Å². The van der Waals surface area contributed by atoms with Crippen molar-refractivity contribution in [2.45, 2.75) is 19.0 Å². The predicted octanol–water partition coefficient (Wildman–Crippen LogP) is 2.07. The van der Waals surface area contributed by atoms with Gasteiger partial charge in [-0.15, -0.1) is 0 Å². The molecule has 1 aliphatic rings. The van der Waals surface area contributed by atoms with E-state index in [0.29, 0.717) is 18.1 Å². The third kappa shape index (κ3) is 2.45. The van der Waals surface area contributed by atoms with Gasteiger partial charge < -0.3 is 10.0 Å². The molecule has 21 heavy (non-hydrogen) atoms. The SMILES string of the molecule is O=C(O)C1Cc2ccccc2CN1c1ncc([N+](=O)[O-])s1. The minimum absolute atomic E-state index is 0.0898. The fraction of sp³-hybridized carbons (Fsp3) is 0.231. The number of benzene rings is 1. The Kier molecular flexibility index (Phi) is 3.30. The molecule has 0 saturated carbocycles. The molecule has 0 amide bonds. The molecular formula is C13H11N3O4S. The van der Waals surface area contributed by atoms with Gasteiger partial charge in [-0.25, -0.2) is 9.78 Å². The highest BCUT2D eigenvalue weighted by Gasteiger charge is 2.33. The topological polar surface area (TPSA) is 96.6 Å². The van der Waals surface area contributed by atoms with Gasteiger partial charge in [0.15, 0.2) is 5.13 Å². The summed E-state index contributed by atoms with van der Waals surface area (Å²) >= 11 is 0.896. The van der Waals surface area contributed by atoms with Crippen LogP contribution in [-0.2, 0) is 17.8 Å². The first-order valence-electron chi connectivity index (χ1n) is 6.22. The number of nitrogens with zero attached hydrogens (tertiary/aromatic N) is 3. The zero-order chi connectivity index (χ0) is 15.0. The summed E-state index contributed by atoms with van der Waals surface area (Å²) in [5.41, 5.74) is 2.01. The van der Waals surface area contributed by atoms with Crippen molar-refractivity contribution >= 4 is 27.4 Å². The Morgan fingerprint density at radius 2 is 2.14 bits per heavy atom. The predicted molar refractivity (Wildman–Crippen MR) is 76.5 cm³/mol. The first kappa shape index (κ1) is 13.5. The summed E-state index contributed by atoms with van der Waals surface area (Å²) in [6.07, 6.45) is 1.53. The second-order valence-electron chi connectivity index (χ2n) is 4.69. The van der Waals surface area contributed by atoms with E-state index in [1.807, 2.05) is 24.3 Å². The van der Waals surface area contributed by atoms with Crippen LogP contribution in [0.4, 0.5) is 10.1 Å². The molecule has 0 saturated heterocycles. The fourth-order valence-electron chi connectivity index (χ4n) is 2.42. The highest BCUT2D eigenvalue weighted by molar-refractivity contribution is 7.18. The van der Waals surface area contributed by atoms with Gasteiger partial charge in [0.05, 0.1) is 4.92 Å². The Labute approximate surface area is 123 Å². The Morgan fingerprint density at radius 3 is 2.76 bits per heavy atom. The Balaban J connectivity index is 1.98. The molecule has 0 bridgehead atoms. The van der Waals surface area contributed by atoms with Crippen molar-refractivity contribution < 1.29 is 14.8 Å². The molecule has 1 aromatic heterocycles. The highest BCUT2D eigenvalue weighted by atomic mass is 32.1. The number of rotatable bonds is 3. The zero-order valence-electron chi connectivity index (χ0n) is 10.8. The van der Waals surface area contributed by atoms with Crippen LogP contribution in [0.25, 0.3) is 0 Å². The van der Waals surface area contributed by atoms with Gasteiger partial charge in [0.2, 0.25) is 0 Å². The molecule has 1 atom stereocenters.